The molecule has 1 aromatic carbocycles. The number of carboxylic acid groups (broad SMARTS) is 1. The van der Waals surface area contributed by atoms with E-state index in [4.69, 9.17) is 20.2 Å². The van der Waals surface area contributed by atoms with Gasteiger partial charge in [0.1, 0.15) is 29.7 Å². The molecule has 18 nitrogen and oxygen atoms in total. The number of halogens is 2. The molecular formula is C44H50F2N11O7+. The fourth-order valence-electron chi connectivity index (χ4n) is 9.68. The number of para-hydroxylation sites is 1. The number of allylic oxidation sites excluding steroid dienone is 1. The van der Waals surface area contributed by atoms with E-state index in [0.29, 0.717) is 47.6 Å². The van der Waals surface area contributed by atoms with Crippen LogP contribution in [-0.2, 0) is 26.1 Å². The van der Waals surface area contributed by atoms with Crippen molar-refractivity contribution in [1.82, 2.24) is 33.9 Å². The smallest absolute Gasteiger partial charge is 0.329 e. The Labute approximate surface area is 366 Å². The van der Waals surface area contributed by atoms with Crippen molar-refractivity contribution < 1.29 is 42.4 Å². The van der Waals surface area contributed by atoms with Crippen LogP contribution in [0.5, 0.6) is 0 Å². The fraction of sp³-hybridized carbons (Fsp3) is 0.500. The van der Waals surface area contributed by atoms with Crippen LogP contribution in [0, 0.1) is 17.8 Å². The largest absolute Gasteiger partial charge is 0.480 e. The summed E-state index contributed by atoms with van der Waals surface area (Å²) >= 11 is 0. The molecule has 3 aromatic heterocycles. The molecule has 0 radical (unpaired) electrons. The van der Waals surface area contributed by atoms with Crippen molar-refractivity contribution >= 4 is 51.7 Å². The van der Waals surface area contributed by atoms with Gasteiger partial charge in [0.2, 0.25) is 17.8 Å². The number of rotatable bonds is 13. The molecule has 0 spiro atoms. The number of aliphatic carboxylic acids is 1. The number of morpholine rings is 1. The molecule has 4 aromatic rings. The predicted molar refractivity (Wildman–Crippen MR) is 229 cm³/mol. The summed E-state index contributed by atoms with van der Waals surface area (Å²) < 4.78 is 46.0. The summed E-state index contributed by atoms with van der Waals surface area (Å²) in [7, 11) is 1.56. The number of ether oxygens (including phenoxy) is 2. The summed E-state index contributed by atoms with van der Waals surface area (Å²) in [6.45, 7) is 4.22. The SMILES string of the molecule is Cn1c(=O)n(C(CCC(N)=O)C(=O)O)c2cccc(C#CCOC3CCN(CC4CCC(=[N+]5C=C(NC(=O)c6cnn7ccc(N8C[C@H]9C[C@@H]8CO9)nc67)C(C(F)F)=N5)CC4)CC3)c21. The maximum atomic E-state index is 14.3. The normalized spacial score (nSPS) is 22.0. The van der Waals surface area contributed by atoms with Gasteiger partial charge in [0.25, 0.3) is 12.3 Å². The molecule has 20 heteroatoms. The highest BCUT2D eigenvalue weighted by Crippen LogP contribution is 2.32. The Morgan fingerprint density at radius 2 is 1.94 bits per heavy atom. The van der Waals surface area contributed by atoms with E-state index in [2.05, 4.69) is 37.2 Å². The van der Waals surface area contributed by atoms with Crippen LogP contribution in [0.4, 0.5) is 14.6 Å². The fourth-order valence-corrected chi connectivity index (χ4v) is 9.68. The van der Waals surface area contributed by atoms with Crippen molar-refractivity contribution in [3.63, 3.8) is 0 Å². The van der Waals surface area contributed by atoms with Gasteiger partial charge in [0.05, 0.1) is 47.7 Å². The molecule has 1 unspecified atom stereocenters. The first-order valence-electron chi connectivity index (χ1n) is 21.7. The molecule has 7 heterocycles. The summed E-state index contributed by atoms with van der Waals surface area (Å²) in [5, 5.41) is 21.0. The van der Waals surface area contributed by atoms with Gasteiger partial charge in [0.15, 0.2) is 11.4 Å². The number of aryl methyl sites for hydroxylation is 1. The molecule has 3 atom stereocenters. The number of nitrogens with two attached hydrogens (primary N) is 1. The van der Waals surface area contributed by atoms with Crippen molar-refractivity contribution in [3.8, 4) is 11.8 Å². The molecule has 5 aliphatic rings. The average molecular weight is 883 g/mol. The highest BCUT2D eigenvalue weighted by Gasteiger charge is 2.40. The Morgan fingerprint density at radius 1 is 1.14 bits per heavy atom. The lowest BCUT2D eigenvalue weighted by atomic mass is 9.87. The number of primary amides is 1. The van der Waals surface area contributed by atoms with Crippen LogP contribution < -0.4 is 21.6 Å². The van der Waals surface area contributed by atoms with Gasteiger partial charge in [-0.3, -0.25) is 18.7 Å². The van der Waals surface area contributed by atoms with E-state index in [9.17, 15) is 33.1 Å². The molecule has 1 aliphatic carbocycles. The molecule has 9 rings (SSSR count). The van der Waals surface area contributed by atoms with E-state index >= 15 is 0 Å². The second-order valence-corrected chi connectivity index (χ2v) is 17.1. The van der Waals surface area contributed by atoms with Crippen molar-refractivity contribution in [2.24, 2.45) is 23.8 Å². The van der Waals surface area contributed by atoms with Gasteiger partial charge >= 0.3 is 11.7 Å². The number of carbonyl (C=O) groups is 3. The monoisotopic (exact) mass is 882 g/mol. The number of benzene rings is 1. The third kappa shape index (κ3) is 8.66. The number of carbonyl (C=O) groups excluding carboxylic acids is 2. The number of nitrogens with zero attached hydrogens (tertiary/aromatic N) is 9. The van der Waals surface area contributed by atoms with Crippen molar-refractivity contribution in [3.05, 3.63) is 70.2 Å². The minimum absolute atomic E-state index is 0.0416. The van der Waals surface area contributed by atoms with Gasteiger partial charge in [-0.2, -0.15) is 5.10 Å². The zero-order valence-corrected chi connectivity index (χ0v) is 35.4. The van der Waals surface area contributed by atoms with Gasteiger partial charge in [-0.25, -0.2) is 27.9 Å². The van der Waals surface area contributed by atoms with Crippen molar-refractivity contribution in [1.29, 1.82) is 0 Å². The zero-order valence-electron chi connectivity index (χ0n) is 35.4. The van der Waals surface area contributed by atoms with Crippen molar-refractivity contribution in [2.45, 2.75) is 88.5 Å². The minimum Gasteiger partial charge on any atom is -0.480 e. The maximum absolute atomic E-state index is 14.3. The zero-order chi connectivity index (χ0) is 44.6. The van der Waals surface area contributed by atoms with Crippen LogP contribution in [0.15, 0.2) is 58.5 Å². The minimum atomic E-state index is -2.89. The quantitative estimate of drug-likeness (QED) is 0.132. The maximum Gasteiger partial charge on any atom is 0.329 e. The van der Waals surface area contributed by atoms with Crippen LogP contribution in [0.1, 0.15) is 79.8 Å². The number of hydrazone groups is 1. The molecule has 4 aliphatic heterocycles. The van der Waals surface area contributed by atoms with E-state index in [1.54, 1.807) is 31.4 Å². The number of nitrogens with one attached hydrogen (secondary N) is 1. The van der Waals surface area contributed by atoms with E-state index in [1.807, 2.05) is 6.07 Å². The van der Waals surface area contributed by atoms with Crippen LogP contribution in [0.2, 0.25) is 0 Å². The van der Waals surface area contributed by atoms with Gasteiger partial charge in [-0.15, -0.1) is 0 Å². The highest BCUT2D eigenvalue weighted by molar-refractivity contribution is 6.09. The van der Waals surface area contributed by atoms with Gasteiger partial charge in [0, 0.05) is 63.8 Å². The first-order valence-corrected chi connectivity index (χ1v) is 21.7. The molecule has 3 saturated heterocycles. The third-order valence-corrected chi connectivity index (χ3v) is 13.0. The van der Waals surface area contributed by atoms with E-state index in [-0.39, 0.29) is 49.0 Å². The second-order valence-electron chi connectivity index (χ2n) is 17.1. The Bertz CT molecular complexity index is 2710. The molecular weight excluding hydrogens is 833 g/mol. The number of likely N-dealkylation sites (tertiary alicyclic amines) is 1. The second kappa shape index (κ2) is 18.1. The third-order valence-electron chi connectivity index (χ3n) is 13.0. The number of hydrogen-bond acceptors (Lipinski definition) is 11. The average Bonchev–Trinajstić information content (AvgIpc) is 4.13. The number of amides is 2. The van der Waals surface area contributed by atoms with E-state index < -0.39 is 41.7 Å². The summed E-state index contributed by atoms with van der Waals surface area (Å²) in [5.74, 6) is 4.84. The summed E-state index contributed by atoms with van der Waals surface area (Å²) in [6, 6.07) is 5.96. The van der Waals surface area contributed by atoms with Crippen LogP contribution in [0.3, 0.4) is 0 Å². The van der Waals surface area contributed by atoms with Gasteiger partial charge in [-0.05, 0) is 62.6 Å². The number of fused-ring (bicyclic) bond motifs is 4. The Morgan fingerprint density at radius 3 is 2.64 bits per heavy atom. The summed E-state index contributed by atoms with van der Waals surface area (Å²) in [4.78, 5) is 59.5. The number of anilines is 1. The first-order chi connectivity index (χ1) is 30.9. The Kier molecular flexibility index (Phi) is 12.1. The topological polar surface area (TPSA) is 207 Å². The number of piperidine rings is 1. The molecule has 336 valence electrons. The number of hydrogen-bond donors (Lipinski definition) is 3. The van der Waals surface area contributed by atoms with Gasteiger partial charge in [-0.1, -0.05) is 22.6 Å². The predicted octanol–water partition coefficient (Wildman–Crippen LogP) is 2.63. The lowest BCUT2D eigenvalue weighted by Gasteiger charge is -2.34. The molecule has 1 saturated carbocycles. The Hall–Kier alpha value is -6.30. The van der Waals surface area contributed by atoms with E-state index in [0.717, 1.165) is 69.8 Å². The molecule has 2 amide bonds. The van der Waals surface area contributed by atoms with Crippen molar-refractivity contribution in [2.75, 3.05) is 44.3 Å². The number of aromatic nitrogens is 5. The highest BCUT2D eigenvalue weighted by atomic mass is 19.3. The lowest BCUT2D eigenvalue weighted by Crippen LogP contribution is -2.40. The molecule has 2 bridgehead atoms. The molecule has 64 heavy (non-hydrogen) atoms. The van der Waals surface area contributed by atoms with Gasteiger partial charge < -0.3 is 35.4 Å². The first kappa shape index (κ1) is 43.0. The number of alkyl halides is 2. The number of imidazole rings is 1. The molecule has 4 N–H and O–H groups in total. The lowest BCUT2D eigenvalue weighted by molar-refractivity contribution is -0.461. The Balaban J connectivity index is 0.761. The van der Waals surface area contributed by atoms with Crippen LogP contribution in [-0.4, -0.2) is 132 Å². The summed E-state index contributed by atoms with van der Waals surface area (Å²) in [6.07, 6.45) is 7.47. The molecule has 4 fully saturated rings. The van der Waals surface area contributed by atoms with Crippen LogP contribution >= 0.6 is 0 Å². The van der Waals surface area contributed by atoms with E-state index in [1.165, 1.54) is 30.7 Å². The number of carboxylic acids is 1. The summed E-state index contributed by atoms with van der Waals surface area (Å²) in [5.41, 5.74) is 7.10. The van der Waals surface area contributed by atoms with Crippen LogP contribution in [0.25, 0.3) is 16.7 Å². The standard InChI is InChI=1S/C44H49F2N11O7/c1-52-39-27(4-2-6-34(39)57(44(52)62)35(43(60)61)11-12-36(47)58)5-3-19-63-30-13-16-53(17-14-30)22-26-7-9-28(10-8-26)56-24-33(38(51-56)40(45)46)49-42(59)32-21-48-55-18-15-37(50-41(32)55)54-23-31-20-29(54)25-64-31/h2,4,6,15,18,21,24,26,29-31,35,40H,7-14,16-17,19-20,22-23,25H2,1H3,(H3-,47,49,58,59,60,61)/p+1/t26?,29-,31-,35?/m1/s1.